The molecular weight excluding hydrogens is 286 g/mol. The van der Waals surface area contributed by atoms with Crippen molar-refractivity contribution in [1.82, 2.24) is 0 Å². The number of ketones is 1. The summed E-state index contributed by atoms with van der Waals surface area (Å²) in [5.74, 6) is -2.02. The van der Waals surface area contributed by atoms with Crippen molar-refractivity contribution in [2.45, 2.75) is 20.3 Å². The Morgan fingerprint density at radius 1 is 1.45 bits per heavy atom. The van der Waals surface area contributed by atoms with Crippen LogP contribution in [0.25, 0.3) is 0 Å². The van der Waals surface area contributed by atoms with Crippen LogP contribution in [-0.2, 0) is 20.7 Å². The number of ether oxygens (including phenoxy) is 1. The smallest absolute Gasteiger partial charge is 0.316 e. The number of hydrogen-bond acceptors (Lipinski definition) is 5. The van der Waals surface area contributed by atoms with Crippen molar-refractivity contribution in [3.8, 4) is 0 Å². The molecule has 0 bridgehead atoms. The van der Waals surface area contributed by atoms with Gasteiger partial charge in [-0.3, -0.25) is 19.7 Å². The lowest BCUT2D eigenvalue weighted by Crippen LogP contribution is -2.26. The van der Waals surface area contributed by atoms with E-state index in [0.29, 0.717) is 5.56 Å². The monoisotopic (exact) mass is 299 g/mol. The molecule has 1 rings (SSSR count). The van der Waals surface area contributed by atoms with Gasteiger partial charge < -0.3 is 4.74 Å². The van der Waals surface area contributed by atoms with Gasteiger partial charge in [-0.05, 0) is 25.8 Å². The molecule has 0 aliphatic carbocycles. The van der Waals surface area contributed by atoms with E-state index in [-0.39, 0.29) is 29.5 Å². The summed E-state index contributed by atoms with van der Waals surface area (Å²) in [6, 6.07) is 4.27. The molecule has 0 saturated heterocycles. The molecule has 0 aliphatic rings. The third kappa shape index (κ3) is 3.77. The molecule has 7 heteroatoms. The molecular formula is C13H14ClNO5. The molecule has 1 aromatic rings. The van der Waals surface area contributed by atoms with Gasteiger partial charge in [0.05, 0.1) is 11.5 Å². The van der Waals surface area contributed by atoms with E-state index in [9.17, 15) is 19.7 Å². The molecule has 0 heterocycles. The summed E-state index contributed by atoms with van der Waals surface area (Å²) < 4.78 is 4.82. The third-order valence-corrected chi connectivity index (χ3v) is 3.18. The van der Waals surface area contributed by atoms with Crippen molar-refractivity contribution >= 4 is 29.0 Å². The molecule has 0 aliphatic heterocycles. The first kappa shape index (κ1) is 16.1. The number of nitro groups is 1. The maximum absolute atomic E-state index is 11.7. The average Bonchev–Trinajstić information content (AvgIpc) is 2.36. The zero-order valence-electron chi connectivity index (χ0n) is 11.1. The molecule has 0 aromatic heterocycles. The minimum atomic E-state index is -1.01. The summed E-state index contributed by atoms with van der Waals surface area (Å²) in [7, 11) is 0. The van der Waals surface area contributed by atoms with Crippen LogP contribution in [0.2, 0.25) is 5.02 Å². The summed E-state index contributed by atoms with van der Waals surface area (Å²) in [5.41, 5.74) is 0.115. The number of carbonyl (C=O) groups excluding carboxylic acids is 2. The van der Waals surface area contributed by atoms with Gasteiger partial charge in [-0.2, -0.15) is 0 Å². The van der Waals surface area contributed by atoms with E-state index < -0.39 is 16.8 Å². The van der Waals surface area contributed by atoms with Crippen molar-refractivity contribution < 1.29 is 19.2 Å². The topological polar surface area (TPSA) is 86.5 Å². The minimum absolute atomic E-state index is 0.0192. The van der Waals surface area contributed by atoms with Crippen LogP contribution >= 0.6 is 11.6 Å². The Morgan fingerprint density at radius 2 is 2.10 bits per heavy atom. The molecule has 0 fully saturated rings. The van der Waals surface area contributed by atoms with E-state index in [2.05, 4.69) is 0 Å². The number of Topliss-reactive ketones (excluding diaryl/α,β-unsaturated/α-hetero) is 1. The van der Waals surface area contributed by atoms with Crippen LogP contribution in [0.3, 0.4) is 0 Å². The molecule has 108 valence electrons. The molecule has 0 saturated carbocycles. The van der Waals surface area contributed by atoms with Gasteiger partial charge in [-0.1, -0.05) is 23.7 Å². The van der Waals surface area contributed by atoms with Crippen molar-refractivity contribution in [3.05, 3.63) is 38.9 Å². The zero-order chi connectivity index (χ0) is 15.3. The fraction of sp³-hybridized carbons (Fsp3) is 0.385. The van der Waals surface area contributed by atoms with E-state index in [1.807, 2.05) is 0 Å². The van der Waals surface area contributed by atoms with Gasteiger partial charge in [0.15, 0.2) is 0 Å². The highest BCUT2D eigenvalue weighted by atomic mass is 35.5. The fourth-order valence-corrected chi connectivity index (χ4v) is 1.99. The lowest BCUT2D eigenvalue weighted by atomic mass is 9.95. The van der Waals surface area contributed by atoms with Crippen molar-refractivity contribution in [2.24, 2.45) is 5.92 Å². The highest BCUT2D eigenvalue weighted by Gasteiger charge is 2.27. The largest absolute Gasteiger partial charge is 0.465 e. The first-order chi connectivity index (χ1) is 9.38. The van der Waals surface area contributed by atoms with Crippen LogP contribution in [-0.4, -0.2) is 23.3 Å². The van der Waals surface area contributed by atoms with Gasteiger partial charge in [0.25, 0.3) is 5.69 Å². The lowest BCUT2D eigenvalue weighted by molar-refractivity contribution is -0.384. The summed E-state index contributed by atoms with van der Waals surface area (Å²) in [6.07, 6.45) is -0.0192. The Hall–Kier alpha value is -1.95. The number of esters is 1. The van der Waals surface area contributed by atoms with E-state index in [1.165, 1.54) is 19.1 Å². The Kier molecular flexibility index (Phi) is 5.64. The molecule has 1 aromatic carbocycles. The lowest BCUT2D eigenvalue weighted by Gasteiger charge is -2.13. The van der Waals surface area contributed by atoms with Gasteiger partial charge in [0, 0.05) is 6.07 Å². The molecule has 0 spiro atoms. The molecule has 20 heavy (non-hydrogen) atoms. The van der Waals surface area contributed by atoms with E-state index >= 15 is 0 Å². The van der Waals surface area contributed by atoms with Gasteiger partial charge in [-0.15, -0.1) is 0 Å². The number of nitro benzene ring substituents is 1. The predicted molar refractivity (Wildman–Crippen MR) is 72.6 cm³/mol. The highest BCUT2D eigenvalue weighted by Crippen LogP contribution is 2.29. The Labute approximate surface area is 120 Å². The molecule has 1 atom stereocenters. The van der Waals surface area contributed by atoms with Gasteiger partial charge in [0.1, 0.15) is 16.7 Å². The van der Waals surface area contributed by atoms with Gasteiger partial charge in [0.2, 0.25) is 0 Å². The highest BCUT2D eigenvalue weighted by molar-refractivity contribution is 6.33. The van der Waals surface area contributed by atoms with Crippen LogP contribution in [0.15, 0.2) is 18.2 Å². The summed E-state index contributed by atoms with van der Waals surface area (Å²) in [6.45, 7) is 3.06. The van der Waals surface area contributed by atoms with Crippen molar-refractivity contribution in [3.63, 3.8) is 0 Å². The molecule has 0 N–H and O–H groups in total. The third-order valence-electron chi connectivity index (χ3n) is 2.74. The maximum Gasteiger partial charge on any atom is 0.316 e. The maximum atomic E-state index is 11.7. The molecule has 6 nitrogen and oxygen atoms in total. The minimum Gasteiger partial charge on any atom is -0.465 e. The first-order valence-electron chi connectivity index (χ1n) is 5.97. The van der Waals surface area contributed by atoms with Crippen molar-refractivity contribution in [1.29, 1.82) is 0 Å². The van der Waals surface area contributed by atoms with Crippen LogP contribution in [0.4, 0.5) is 5.69 Å². The number of halogens is 1. The SMILES string of the molecule is CCOC(=O)C(Cc1cccc([N+](=O)[O-])c1Cl)C(C)=O. The van der Waals surface area contributed by atoms with E-state index in [0.717, 1.165) is 0 Å². The van der Waals surface area contributed by atoms with Crippen LogP contribution in [0.5, 0.6) is 0 Å². The van der Waals surface area contributed by atoms with Gasteiger partial charge in [-0.25, -0.2) is 0 Å². The number of benzene rings is 1. The Morgan fingerprint density at radius 3 is 2.60 bits per heavy atom. The Balaban J connectivity index is 3.06. The van der Waals surface area contributed by atoms with E-state index in [4.69, 9.17) is 16.3 Å². The van der Waals surface area contributed by atoms with Crippen LogP contribution < -0.4 is 0 Å². The molecule has 0 radical (unpaired) electrons. The van der Waals surface area contributed by atoms with E-state index in [1.54, 1.807) is 13.0 Å². The number of carbonyl (C=O) groups is 2. The van der Waals surface area contributed by atoms with Crippen LogP contribution in [0, 0.1) is 16.0 Å². The summed E-state index contributed by atoms with van der Waals surface area (Å²) in [5, 5.41) is 10.7. The fourth-order valence-electron chi connectivity index (χ4n) is 1.72. The summed E-state index contributed by atoms with van der Waals surface area (Å²) >= 11 is 5.93. The van der Waals surface area contributed by atoms with Crippen molar-refractivity contribution in [2.75, 3.05) is 6.61 Å². The number of hydrogen-bond donors (Lipinski definition) is 0. The molecule has 0 amide bonds. The second kappa shape index (κ2) is 7.00. The normalized spacial score (nSPS) is 11.8. The first-order valence-corrected chi connectivity index (χ1v) is 6.35. The average molecular weight is 300 g/mol. The molecule has 1 unspecified atom stereocenters. The Bertz CT molecular complexity index is 544. The zero-order valence-corrected chi connectivity index (χ0v) is 11.8. The standard InChI is InChI=1S/C13H14ClNO5/c1-3-20-13(17)10(8(2)16)7-9-5-4-6-11(12(9)14)15(18)19/h4-6,10H,3,7H2,1-2H3. The second-order valence-electron chi connectivity index (χ2n) is 4.13. The summed E-state index contributed by atoms with van der Waals surface area (Å²) in [4.78, 5) is 33.4. The van der Waals surface area contributed by atoms with Crippen LogP contribution in [0.1, 0.15) is 19.4 Å². The second-order valence-corrected chi connectivity index (χ2v) is 4.50. The predicted octanol–water partition coefficient (Wildman–Crippen LogP) is 2.56. The quantitative estimate of drug-likeness (QED) is 0.349. The number of rotatable bonds is 6. The van der Waals surface area contributed by atoms with Gasteiger partial charge >= 0.3 is 5.97 Å². The number of nitrogens with zero attached hydrogens (tertiary/aromatic N) is 1.